The second-order valence-corrected chi connectivity index (χ2v) is 6.08. The van der Waals surface area contributed by atoms with Crippen molar-refractivity contribution in [3.63, 3.8) is 0 Å². The molecule has 0 nitrogen and oxygen atoms in total. The molecule has 0 saturated carbocycles. The van der Waals surface area contributed by atoms with Crippen LogP contribution in [-0.4, -0.2) is 5.75 Å². The summed E-state index contributed by atoms with van der Waals surface area (Å²) >= 11 is 9.65. The van der Waals surface area contributed by atoms with E-state index in [1.807, 2.05) is 35.2 Å². The lowest BCUT2D eigenvalue weighted by Crippen LogP contribution is -1.86. The van der Waals surface area contributed by atoms with Gasteiger partial charge in [0.2, 0.25) is 0 Å². The van der Waals surface area contributed by atoms with Gasteiger partial charge in [0.05, 0.1) is 0 Å². The van der Waals surface area contributed by atoms with Gasteiger partial charge in [-0.05, 0) is 41.3 Å². The van der Waals surface area contributed by atoms with E-state index in [4.69, 9.17) is 11.6 Å². The van der Waals surface area contributed by atoms with Gasteiger partial charge in [0, 0.05) is 15.7 Å². The van der Waals surface area contributed by atoms with Crippen molar-refractivity contribution in [3.8, 4) is 0 Å². The first-order valence-electron chi connectivity index (χ1n) is 5.19. The molecule has 0 aliphatic rings. The van der Waals surface area contributed by atoms with Gasteiger partial charge in [0.1, 0.15) is 0 Å². The SMILES string of the molecule is Clc1ccc(CSCCc2cccs2)cc1. The number of aryl methyl sites for hydroxylation is 1. The highest BCUT2D eigenvalue weighted by Gasteiger charge is 1.96. The predicted molar refractivity (Wildman–Crippen MR) is 75.6 cm³/mol. The number of hydrogen-bond acceptors (Lipinski definition) is 2. The molecule has 0 radical (unpaired) electrons. The van der Waals surface area contributed by atoms with Crippen molar-refractivity contribution in [1.29, 1.82) is 0 Å². The highest BCUT2D eigenvalue weighted by Crippen LogP contribution is 2.17. The van der Waals surface area contributed by atoms with Crippen LogP contribution in [0.5, 0.6) is 0 Å². The zero-order chi connectivity index (χ0) is 11.2. The quantitative estimate of drug-likeness (QED) is 0.697. The molecule has 1 aromatic heterocycles. The van der Waals surface area contributed by atoms with Crippen LogP contribution in [0.4, 0.5) is 0 Å². The molecule has 0 unspecified atom stereocenters. The van der Waals surface area contributed by atoms with Crippen LogP contribution in [-0.2, 0) is 12.2 Å². The molecule has 1 heterocycles. The molecule has 2 rings (SSSR count). The van der Waals surface area contributed by atoms with Crippen LogP contribution in [0.1, 0.15) is 10.4 Å². The highest BCUT2D eigenvalue weighted by atomic mass is 35.5. The van der Waals surface area contributed by atoms with Gasteiger partial charge in [-0.2, -0.15) is 11.8 Å². The molecule has 0 spiro atoms. The Balaban J connectivity index is 1.70. The van der Waals surface area contributed by atoms with Crippen molar-refractivity contribution in [2.24, 2.45) is 0 Å². The second-order valence-electron chi connectivity index (χ2n) is 3.51. The first-order valence-corrected chi connectivity index (χ1v) is 7.60. The molecule has 0 atom stereocenters. The molecule has 0 aliphatic heterocycles. The van der Waals surface area contributed by atoms with Gasteiger partial charge in [-0.15, -0.1) is 11.3 Å². The molecule has 84 valence electrons. The molecule has 0 amide bonds. The molecule has 0 bridgehead atoms. The summed E-state index contributed by atoms with van der Waals surface area (Å²) in [4.78, 5) is 1.48. The highest BCUT2D eigenvalue weighted by molar-refractivity contribution is 7.98. The van der Waals surface area contributed by atoms with Crippen molar-refractivity contribution in [2.45, 2.75) is 12.2 Å². The van der Waals surface area contributed by atoms with E-state index in [0.717, 1.165) is 10.8 Å². The maximum atomic E-state index is 5.84. The number of thioether (sulfide) groups is 1. The largest absolute Gasteiger partial charge is 0.157 e. The molecule has 1 aromatic carbocycles. The van der Waals surface area contributed by atoms with Crippen LogP contribution < -0.4 is 0 Å². The summed E-state index contributed by atoms with van der Waals surface area (Å²) in [5, 5.41) is 2.95. The Morgan fingerprint density at radius 1 is 1.12 bits per heavy atom. The van der Waals surface area contributed by atoms with Crippen LogP contribution in [0, 0.1) is 0 Å². The lowest BCUT2D eigenvalue weighted by Gasteiger charge is -2.01. The van der Waals surface area contributed by atoms with Gasteiger partial charge in [0.15, 0.2) is 0 Å². The van der Waals surface area contributed by atoms with Gasteiger partial charge in [0.25, 0.3) is 0 Å². The Kier molecular flexibility index (Phi) is 4.76. The van der Waals surface area contributed by atoms with Crippen LogP contribution in [0.2, 0.25) is 5.02 Å². The summed E-state index contributed by atoms with van der Waals surface area (Å²) < 4.78 is 0. The molecule has 0 saturated heterocycles. The molecular weight excluding hydrogens is 256 g/mol. The van der Waals surface area contributed by atoms with Gasteiger partial charge in [-0.25, -0.2) is 0 Å². The Bertz CT molecular complexity index is 406. The van der Waals surface area contributed by atoms with E-state index >= 15 is 0 Å². The Labute approximate surface area is 110 Å². The van der Waals surface area contributed by atoms with Crippen molar-refractivity contribution in [2.75, 3.05) is 5.75 Å². The van der Waals surface area contributed by atoms with E-state index in [1.54, 1.807) is 0 Å². The fraction of sp³-hybridized carbons (Fsp3) is 0.231. The fourth-order valence-corrected chi connectivity index (χ4v) is 3.30. The third-order valence-corrected chi connectivity index (χ3v) is 4.47. The fourth-order valence-electron chi connectivity index (χ4n) is 1.40. The number of hydrogen-bond donors (Lipinski definition) is 0. The van der Waals surface area contributed by atoms with Crippen molar-refractivity contribution in [3.05, 3.63) is 57.2 Å². The topological polar surface area (TPSA) is 0 Å². The monoisotopic (exact) mass is 268 g/mol. The van der Waals surface area contributed by atoms with Crippen LogP contribution in [0.3, 0.4) is 0 Å². The van der Waals surface area contributed by atoms with Crippen molar-refractivity contribution in [1.82, 2.24) is 0 Å². The van der Waals surface area contributed by atoms with E-state index in [-0.39, 0.29) is 0 Å². The third-order valence-electron chi connectivity index (χ3n) is 2.25. The maximum absolute atomic E-state index is 5.84. The van der Waals surface area contributed by atoms with E-state index in [1.165, 1.54) is 22.6 Å². The summed E-state index contributed by atoms with van der Waals surface area (Å²) in [5.74, 6) is 2.26. The summed E-state index contributed by atoms with van der Waals surface area (Å²) in [5.41, 5.74) is 1.35. The summed E-state index contributed by atoms with van der Waals surface area (Å²) in [6, 6.07) is 12.4. The standard InChI is InChI=1S/C13H13ClS2/c14-12-5-3-11(4-6-12)10-15-9-7-13-2-1-8-16-13/h1-6,8H,7,9-10H2. The van der Waals surface area contributed by atoms with Crippen LogP contribution in [0.15, 0.2) is 41.8 Å². The number of thiophene rings is 1. The van der Waals surface area contributed by atoms with Crippen molar-refractivity contribution >= 4 is 34.7 Å². The molecular formula is C13H13ClS2. The van der Waals surface area contributed by atoms with E-state index < -0.39 is 0 Å². The number of benzene rings is 1. The van der Waals surface area contributed by atoms with Gasteiger partial charge < -0.3 is 0 Å². The first-order chi connectivity index (χ1) is 7.84. The predicted octanol–water partition coefficient (Wildman–Crippen LogP) is 4.88. The average Bonchev–Trinajstić information content (AvgIpc) is 2.80. The molecule has 0 N–H and O–H groups in total. The molecule has 0 fully saturated rings. The molecule has 2 aromatic rings. The zero-order valence-corrected chi connectivity index (χ0v) is 11.2. The average molecular weight is 269 g/mol. The minimum absolute atomic E-state index is 0.812. The Morgan fingerprint density at radius 3 is 2.62 bits per heavy atom. The third kappa shape index (κ3) is 3.85. The van der Waals surface area contributed by atoms with E-state index in [2.05, 4.69) is 29.6 Å². The molecule has 0 aliphatic carbocycles. The van der Waals surface area contributed by atoms with E-state index in [9.17, 15) is 0 Å². The smallest absolute Gasteiger partial charge is 0.0406 e. The van der Waals surface area contributed by atoms with Crippen LogP contribution in [0.25, 0.3) is 0 Å². The van der Waals surface area contributed by atoms with Crippen molar-refractivity contribution < 1.29 is 0 Å². The lowest BCUT2D eigenvalue weighted by molar-refractivity contribution is 1.20. The summed E-state index contributed by atoms with van der Waals surface area (Å²) in [6.07, 6.45) is 1.18. The lowest BCUT2D eigenvalue weighted by atomic mass is 10.2. The van der Waals surface area contributed by atoms with Gasteiger partial charge in [-0.1, -0.05) is 29.8 Å². The maximum Gasteiger partial charge on any atom is 0.0406 e. The Hall–Kier alpha value is -0.440. The second kappa shape index (κ2) is 6.33. The number of halogens is 1. The molecule has 3 heteroatoms. The van der Waals surface area contributed by atoms with Gasteiger partial charge >= 0.3 is 0 Å². The summed E-state index contributed by atoms with van der Waals surface area (Å²) in [7, 11) is 0. The van der Waals surface area contributed by atoms with Crippen LogP contribution >= 0.6 is 34.7 Å². The normalized spacial score (nSPS) is 10.6. The minimum atomic E-state index is 0.812. The zero-order valence-electron chi connectivity index (χ0n) is 8.86. The number of rotatable bonds is 5. The molecule has 16 heavy (non-hydrogen) atoms. The van der Waals surface area contributed by atoms with E-state index in [0.29, 0.717) is 0 Å². The first kappa shape index (κ1) is 12.0. The Morgan fingerprint density at radius 2 is 1.94 bits per heavy atom. The van der Waals surface area contributed by atoms with Gasteiger partial charge in [-0.3, -0.25) is 0 Å². The minimum Gasteiger partial charge on any atom is -0.157 e. The summed E-state index contributed by atoms with van der Waals surface area (Å²) in [6.45, 7) is 0.